The maximum absolute atomic E-state index is 13.8. The zero-order valence-corrected chi connectivity index (χ0v) is 26.0. The second-order valence-electron chi connectivity index (χ2n) is 12.5. The van der Waals surface area contributed by atoms with Crippen LogP contribution < -0.4 is 0 Å². The molecular weight excluding hydrogens is 522 g/mol. The van der Waals surface area contributed by atoms with Gasteiger partial charge in [0, 0.05) is 16.7 Å². The molecule has 0 saturated carbocycles. The van der Waals surface area contributed by atoms with Crippen LogP contribution in [0.2, 0.25) is 0 Å². The summed E-state index contributed by atoms with van der Waals surface area (Å²) in [7, 11) is 0. The third-order valence-electron chi connectivity index (χ3n) is 7.83. The number of hydrogen-bond donors (Lipinski definition) is 0. The molecule has 0 bridgehead atoms. The number of carbonyl (C=O) groups is 3. The molecule has 0 radical (unpaired) electrons. The number of nitrogens with zero attached hydrogens (tertiary/aromatic N) is 3. The first-order chi connectivity index (χ1) is 20.0. The Morgan fingerprint density at radius 3 is 1.21 bits per heavy atom. The molecule has 3 amide bonds. The molecule has 1 saturated heterocycles. The van der Waals surface area contributed by atoms with Gasteiger partial charge in [0.25, 0.3) is 17.7 Å². The van der Waals surface area contributed by atoms with Crippen molar-refractivity contribution in [2.24, 2.45) is 17.8 Å². The number of hydrogen-bond acceptors (Lipinski definition) is 3. The molecule has 1 heterocycles. The van der Waals surface area contributed by atoms with Gasteiger partial charge in [-0.25, -0.2) is 10.0 Å². The molecule has 0 spiro atoms. The predicted molar refractivity (Wildman–Crippen MR) is 168 cm³/mol. The van der Waals surface area contributed by atoms with E-state index < -0.39 is 0 Å². The summed E-state index contributed by atoms with van der Waals surface area (Å²) in [6, 6.07) is 22.8. The van der Waals surface area contributed by atoms with E-state index in [4.69, 9.17) is 0 Å². The smallest absolute Gasteiger partial charge is 0.274 e. The minimum absolute atomic E-state index is 0.00277. The summed E-state index contributed by atoms with van der Waals surface area (Å²) >= 11 is 0. The molecular formula is C36H45N3O3. The highest BCUT2D eigenvalue weighted by molar-refractivity contribution is 6.01. The molecule has 0 aromatic heterocycles. The Balaban J connectivity index is 1.58. The summed E-state index contributed by atoms with van der Waals surface area (Å²) in [5.41, 5.74) is 5.02. The van der Waals surface area contributed by atoms with Crippen molar-refractivity contribution in [2.75, 3.05) is 13.3 Å². The summed E-state index contributed by atoms with van der Waals surface area (Å²) in [5, 5.41) is 2.80. The Labute approximate surface area is 251 Å². The molecule has 0 N–H and O–H groups in total. The molecule has 42 heavy (non-hydrogen) atoms. The van der Waals surface area contributed by atoms with Gasteiger partial charge in [-0.15, -0.1) is 0 Å². The second-order valence-corrected chi connectivity index (χ2v) is 12.5. The number of benzene rings is 3. The molecule has 1 aliphatic rings. The lowest BCUT2D eigenvalue weighted by molar-refractivity contribution is 0.0186. The second kappa shape index (κ2) is 13.8. The molecule has 1 fully saturated rings. The summed E-state index contributed by atoms with van der Waals surface area (Å²) in [6.07, 6.45) is 3.90. The van der Waals surface area contributed by atoms with Crippen molar-refractivity contribution in [1.29, 1.82) is 0 Å². The lowest BCUT2D eigenvalue weighted by atomic mass is 9.98. The Morgan fingerprint density at radius 2 is 0.881 bits per heavy atom. The molecule has 3 aromatic rings. The quantitative estimate of drug-likeness (QED) is 0.259. The topological polar surface area (TPSA) is 60.9 Å². The van der Waals surface area contributed by atoms with Gasteiger partial charge in [0.2, 0.25) is 0 Å². The predicted octanol–water partition coefficient (Wildman–Crippen LogP) is 7.24. The van der Waals surface area contributed by atoms with Gasteiger partial charge < -0.3 is 0 Å². The fraction of sp³-hybridized carbons (Fsp3) is 0.417. The van der Waals surface area contributed by atoms with Gasteiger partial charge in [-0.1, -0.05) is 84.4 Å². The lowest BCUT2D eigenvalue weighted by Crippen LogP contribution is -2.44. The van der Waals surface area contributed by atoms with Crippen molar-refractivity contribution in [3.05, 3.63) is 106 Å². The molecule has 6 heteroatoms. The van der Waals surface area contributed by atoms with Gasteiger partial charge in [0.1, 0.15) is 13.3 Å². The van der Waals surface area contributed by atoms with Crippen LogP contribution in [-0.4, -0.2) is 46.0 Å². The van der Waals surface area contributed by atoms with E-state index in [1.165, 1.54) is 21.1 Å². The van der Waals surface area contributed by atoms with Crippen LogP contribution in [-0.2, 0) is 19.3 Å². The van der Waals surface area contributed by atoms with Crippen LogP contribution in [0, 0.1) is 17.8 Å². The Bertz CT molecular complexity index is 1360. The summed E-state index contributed by atoms with van der Waals surface area (Å²) < 4.78 is 0. The van der Waals surface area contributed by atoms with E-state index in [2.05, 4.69) is 41.5 Å². The van der Waals surface area contributed by atoms with Crippen molar-refractivity contribution in [3.8, 4) is 0 Å². The minimum Gasteiger partial charge on any atom is -0.299 e. The molecule has 1 atom stereocenters. The first-order valence-electron chi connectivity index (χ1n) is 15.2. The highest BCUT2D eigenvalue weighted by atomic mass is 16.2. The summed E-state index contributed by atoms with van der Waals surface area (Å²) in [6.45, 7) is 13.0. The third-order valence-corrected chi connectivity index (χ3v) is 7.83. The standard InChI is InChI=1S/C36H45N3O3/c1-7-27(6)22-30-12-18-33(19-13-30)36(42)39-24-37(34(40)31-14-8-28(9-15-31)20-25(2)3)23-38(39)35(41)32-16-10-29(11-17-32)21-26(4)5/h8-19,25-27H,7,20-24H2,1-6H3. The molecule has 6 nitrogen and oxygen atoms in total. The van der Waals surface area contributed by atoms with Crippen molar-refractivity contribution >= 4 is 17.7 Å². The monoisotopic (exact) mass is 567 g/mol. The van der Waals surface area contributed by atoms with Crippen LogP contribution >= 0.6 is 0 Å². The minimum atomic E-state index is -0.310. The maximum Gasteiger partial charge on any atom is 0.274 e. The van der Waals surface area contributed by atoms with E-state index in [9.17, 15) is 14.4 Å². The van der Waals surface area contributed by atoms with Gasteiger partial charge in [-0.2, -0.15) is 0 Å². The molecule has 1 aliphatic heterocycles. The van der Waals surface area contributed by atoms with Gasteiger partial charge in [0.05, 0.1) is 0 Å². The van der Waals surface area contributed by atoms with Crippen LogP contribution in [0.4, 0.5) is 0 Å². The molecule has 4 rings (SSSR count). The Hall–Kier alpha value is -3.93. The SMILES string of the molecule is CCC(C)Cc1ccc(C(=O)N2CN(C(=O)c3ccc(CC(C)C)cc3)CN2C(=O)c2ccc(CC(C)C)cc2)cc1. The average molecular weight is 568 g/mol. The third kappa shape index (κ3) is 7.67. The van der Waals surface area contributed by atoms with E-state index in [1.54, 1.807) is 4.90 Å². The summed E-state index contributed by atoms with van der Waals surface area (Å²) in [4.78, 5) is 42.7. The lowest BCUT2D eigenvalue weighted by Gasteiger charge is -2.26. The normalized spacial score (nSPS) is 14.1. The highest BCUT2D eigenvalue weighted by Gasteiger charge is 2.38. The summed E-state index contributed by atoms with van der Waals surface area (Å²) in [5.74, 6) is 0.758. The van der Waals surface area contributed by atoms with Gasteiger partial charge >= 0.3 is 0 Å². The number of hydrazine groups is 1. The molecule has 1 unspecified atom stereocenters. The largest absolute Gasteiger partial charge is 0.299 e. The fourth-order valence-corrected chi connectivity index (χ4v) is 5.32. The van der Waals surface area contributed by atoms with Crippen LogP contribution in [0.25, 0.3) is 0 Å². The van der Waals surface area contributed by atoms with Crippen LogP contribution in [0.15, 0.2) is 72.8 Å². The van der Waals surface area contributed by atoms with Crippen molar-refractivity contribution in [2.45, 2.75) is 67.2 Å². The van der Waals surface area contributed by atoms with Crippen LogP contribution in [0.3, 0.4) is 0 Å². The zero-order chi connectivity index (χ0) is 30.4. The number of amides is 3. The fourth-order valence-electron chi connectivity index (χ4n) is 5.32. The van der Waals surface area contributed by atoms with Gasteiger partial charge in [0.15, 0.2) is 0 Å². The average Bonchev–Trinajstić information content (AvgIpc) is 3.42. The zero-order valence-electron chi connectivity index (χ0n) is 26.0. The van der Waals surface area contributed by atoms with Crippen LogP contribution in [0.1, 0.15) is 95.7 Å². The molecule has 3 aromatic carbocycles. The number of rotatable bonds is 10. The van der Waals surface area contributed by atoms with Crippen molar-refractivity contribution in [3.63, 3.8) is 0 Å². The Kier molecular flexibility index (Phi) is 10.2. The van der Waals surface area contributed by atoms with E-state index in [0.717, 1.165) is 31.2 Å². The van der Waals surface area contributed by atoms with Gasteiger partial charge in [-0.05, 0) is 90.1 Å². The molecule has 222 valence electrons. The van der Waals surface area contributed by atoms with Crippen LogP contribution in [0.5, 0.6) is 0 Å². The Morgan fingerprint density at radius 1 is 0.548 bits per heavy atom. The van der Waals surface area contributed by atoms with Crippen molar-refractivity contribution < 1.29 is 14.4 Å². The maximum atomic E-state index is 13.8. The number of carbonyl (C=O) groups excluding carboxylic acids is 3. The first-order valence-corrected chi connectivity index (χ1v) is 15.2. The van der Waals surface area contributed by atoms with E-state index in [0.29, 0.717) is 34.4 Å². The first kappa shape index (κ1) is 31.0. The van der Waals surface area contributed by atoms with E-state index >= 15 is 0 Å². The molecule has 0 aliphatic carbocycles. The van der Waals surface area contributed by atoms with Gasteiger partial charge in [-0.3, -0.25) is 19.3 Å². The van der Waals surface area contributed by atoms with E-state index in [-0.39, 0.29) is 31.1 Å². The highest BCUT2D eigenvalue weighted by Crippen LogP contribution is 2.23. The van der Waals surface area contributed by atoms with Crippen molar-refractivity contribution in [1.82, 2.24) is 14.9 Å². The van der Waals surface area contributed by atoms with E-state index in [1.807, 2.05) is 72.8 Å².